The first kappa shape index (κ1) is 10.8. The molecule has 1 aliphatic rings. The Morgan fingerprint density at radius 3 is 2.88 bits per heavy atom. The van der Waals surface area contributed by atoms with Crippen LogP contribution in [0.1, 0.15) is 18.9 Å². The van der Waals surface area contributed by atoms with Gasteiger partial charge in [0.2, 0.25) is 0 Å². The molecule has 0 aliphatic carbocycles. The standard InChI is InChI=1S/C11H10FNO3/c1-6(14)5-11(16)9-7(12)3-2-4-8(9)13-10(11)15/h2-4,16H,5H2,1H3,(H,13,15)/t11-/m1/s1. The second-order valence-electron chi connectivity index (χ2n) is 3.86. The Balaban J connectivity index is 2.58. The number of fused-ring (bicyclic) bond motifs is 1. The molecule has 1 aliphatic heterocycles. The summed E-state index contributed by atoms with van der Waals surface area (Å²) in [6.45, 7) is 1.24. The van der Waals surface area contributed by atoms with Gasteiger partial charge in [0, 0.05) is 6.42 Å². The van der Waals surface area contributed by atoms with E-state index in [9.17, 15) is 19.1 Å². The molecule has 2 N–H and O–H groups in total. The molecule has 4 nitrogen and oxygen atoms in total. The third-order valence-corrected chi connectivity index (χ3v) is 2.56. The van der Waals surface area contributed by atoms with E-state index in [1.54, 1.807) is 0 Å². The molecule has 16 heavy (non-hydrogen) atoms. The van der Waals surface area contributed by atoms with Crippen LogP contribution >= 0.6 is 0 Å². The van der Waals surface area contributed by atoms with Gasteiger partial charge in [-0.3, -0.25) is 9.59 Å². The Hall–Kier alpha value is -1.75. The van der Waals surface area contributed by atoms with Gasteiger partial charge in [-0.25, -0.2) is 4.39 Å². The van der Waals surface area contributed by atoms with Crippen molar-refractivity contribution in [2.75, 3.05) is 5.32 Å². The number of carbonyl (C=O) groups excluding carboxylic acids is 2. The molecule has 0 radical (unpaired) electrons. The lowest BCUT2D eigenvalue weighted by molar-refractivity contribution is -0.139. The average molecular weight is 223 g/mol. The zero-order valence-corrected chi connectivity index (χ0v) is 8.58. The van der Waals surface area contributed by atoms with Gasteiger partial charge in [0.25, 0.3) is 5.91 Å². The number of hydrogen-bond donors (Lipinski definition) is 2. The zero-order valence-electron chi connectivity index (χ0n) is 8.58. The van der Waals surface area contributed by atoms with Gasteiger partial charge in [0.1, 0.15) is 11.6 Å². The number of nitrogens with one attached hydrogen (secondary N) is 1. The molecule has 0 fully saturated rings. The molecule has 0 saturated carbocycles. The summed E-state index contributed by atoms with van der Waals surface area (Å²) in [5.74, 6) is -1.84. The molecular formula is C11H10FNO3. The van der Waals surface area contributed by atoms with Crippen LogP contribution in [-0.2, 0) is 15.2 Å². The van der Waals surface area contributed by atoms with Crippen molar-refractivity contribution in [2.45, 2.75) is 18.9 Å². The molecule has 1 atom stereocenters. The summed E-state index contributed by atoms with van der Waals surface area (Å²) in [7, 11) is 0. The fourth-order valence-electron chi connectivity index (χ4n) is 1.92. The van der Waals surface area contributed by atoms with Crippen LogP contribution in [-0.4, -0.2) is 16.8 Å². The summed E-state index contributed by atoms with van der Waals surface area (Å²) < 4.78 is 13.5. The van der Waals surface area contributed by atoms with Crippen molar-refractivity contribution in [3.05, 3.63) is 29.6 Å². The Morgan fingerprint density at radius 2 is 2.25 bits per heavy atom. The summed E-state index contributed by atoms with van der Waals surface area (Å²) >= 11 is 0. The molecule has 0 saturated heterocycles. The number of rotatable bonds is 2. The van der Waals surface area contributed by atoms with E-state index in [1.165, 1.54) is 19.1 Å². The fourth-order valence-corrected chi connectivity index (χ4v) is 1.92. The van der Waals surface area contributed by atoms with Crippen LogP contribution in [0.2, 0.25) is 0 Å². The minimum absolute atomic E-state index is 0.143. The van der Waals surface area contributed by atoms with Crippen molar-refractivity contribution in [2.24, 2.45) is 0 Å². The number of Topliss-reactive ketones (excluding diaryl/α,β-unsaturated/α-hetero) is 1. The lowest BCUT2D eigenvalue weighted by atomic mass is 9.90. The Bertz CT molecular complexity index is 486. The molecule has 1 heterocycles. The second-order valence-corrected chi connectivity index (χ2v) is 3.86. The van der Waals surface area contributed by atoms with Crippen molar-refractivity contribution in [3.63, 3.8) is 0 Å². The summed E-state index contributed by atoms with van der Waals surface area (Å²) in [6, 6.07) is 4.05. The Morgan fingerprint density at radius 1 is 1.56 bits per heavy atom. The number of ketones is 1. The van der Waals surface area contributed by atoms with Crippen LogP contribution in [0.25, 0.3) is 0 Å². The lowest BCUT2D eigenvalue weighted by Gasteiger charge is -2.19. The number of hydrogen-bond acceptors (Lipinski definition) is 3. The molecule has 0 spiro atoms. The normalized spacial score (nSPS) is 22.8. The predicted octanol–water partition coefficient (Wildman–Crippen LogP) is 0.944. The fraction of sp³-hybridized carbons (Fsp3) is 0.273. The molecular weight excluding hydrogens is 213 g/mol. The van der Waals surface area contributed by atoms with E-state index in [4.69, 9.17) is 0 Å². The van der Waals surface area contributed by atoms with Crippen molar-refractivity contribution < 1.29 is 19.1 Å². The van der Waals surface area contributed by atoms with Crippen LogP contribution < -0.4 is 5.32 Å². The molecule has 1 aromatic carbocycles. The number of benzene rings is 1. The van der Waals surface area contributed by atoms with Gasteiger partial charge in [-0.15, -0.1) is 0 Å². The van der Waals surface area contributed by atoms with Gasteiger partial charge in [-0.05, 0) is 19.1 Å². The number of amides is 1. The SMILES string of the molecule is CC(=O)C[C@]1(O)C(=O)Nc2cccc(F)c21. The second kappa shape index (κ2) is 3.38. The third-order valence-electron chi connectivity index (χ3n) is 2.56. The molecule has 2 rings (SSSR count). The Labute approximate surface area is 91.1 Å². The first-order valence-electron chi connectivity index (χ1n) is 4.77. The highest BCUT2D eigenvalue weighted by atomic mass is 19.1. The molecule has 0 bridgehead atoms. The maximum absolute atomic E-state index is 13.5. The quantitative estimate of drug-likeness (QED) is 0.784. The van der Waals surface area contributed by atoms with Gasteiger partial charge in [0.05, 0.1) is 11.3 Å². The molecule has 0 unspecified atom stereocenters. The molecule has 0 aromatic heterocycles. The summed E-state index contributed by atoms with van der Waals surface area (Å²) in [5, 5.41) is 12.4. The van der Waals surface area contributed by atoms with E-state index >= 15 is 0 Å². The van der Waals surface area contributed by atoms with E-state index in [0.29, 0.717) is 0 Å². The van der Waals surface area contributed by atoms with Gasteiger partial charge >= 0.3 is 0 Å². The monoisotopic (exact) mass is 223 g/mol. The highest BCUT2D eigenvalue weighted by Crippen LogP contribution is 2.39. The topological polar surface area (TPSA) is 66.4 Å². The summed E-state index contributed by atoms with van der Waals surface area (Å²) in [4.78, 5) is 22.6. The third kappa shape index (κ3) is 1.40. The van der Waals surface area contributed by atoms with E-state index in [0.717, 1.165) is 6.07 Å². The number of aliphatic hydroxyl groups is 1. The van der Waals surface area contributed by atoms with Crippen LogP contribution in [0.3, 0.4) is 0 Å². The maximum atomic E-state index is 13.5. The van der Waals surface area contributed by atoms with Crippen molar-refractivity contribution in [1.82, 2.24) is 0 Å². The zero-order chi connectivity index (χ0) is 11.9. The number of carbonyl (C=O) groups is 2. The van der Waals surface area contributed by atoms with Gasteiger partial charge < -0.3 is 10.4 Å². The van der Waals surface area contributed by atoms with E-state index in [2.05, 4.69) is 5.32 Å². The first-order chi connectivity index (χ1) is 7.45. The molecule has 1 amide bonds. The Kier molecular flexibility index (Phi) is 2.27. The van der Waals surface area contributed by atoms with Crippen molar-refractivity contribution >= 4 is 17.4 Å². The first-order valence-corrected chi connectivity index (χ1v) is 4.77. The summed E-state index contributed by atoms with van der Waals surface area (Å²) in [6.07, 6.45) is -0.424. The van der Waals surface area contributed by atoms with Crippen LogP contribution in [0.5, 0.6) is 0 Å². The minimum atomic E-state index is -2.08. The largest absolute Gasteiger partial charge is 0.375 e. The lowest BCUT2D eigenvalue weighted by Crippen LogP contribution is -2.36. The smallest absolute Gasteiger partial charge is 0.261 e. The number of anilines is 1. The van der Waals surface area contributed by atoms with E-state index in [1.807, 2.05) is 0 Å². The number of halogens is 1. The predicted molar refractivity (Wildman–Crippen MR) is 54.2 cm³/mol. The highest BCUT2D eigenvalue weighted by Gasteiger charge is 2.47. The van der Waals surface area contributed by atoms with E-state index in [-0.39, 0.29) is 17.0 Å². The van der Waals surface area contributed by atoms with Crippen LogP contribution in [0, 0.1) is 5.82 Å². The van der Waals surface area contributed by atoms with Crippen LogP contribution in [0.15, 0.2) is 18.2 Å². The average Bonchev–Trinajstić information content (AvgIpc) is 2.39. The van der Waals surface area contributed by atoms with E-state index < -0.39 is 23.7 Å². The molecule has 1 aromatic rings. The van der Waals surface area contributed by atoms with Crippen LogP contribution in [0.4, 0.5) is 10.1 Å². The molecule has 84 valence electrons. The van der Waals surface area contributed by atoms with Gasteiger partial charge in [-0.1, -0.05) is 6.07 Å². The van der Waals surface area contributed by atoms with Crippen molar-refractivity contribution in [1.29, 1.82) is 0 Å². The van der Waals surface area contributed by atoms with Gasteiger partial charge in [0.15, 0.2) is 5.60 Å². The van der Waals surface area contributed by atoms with Crippen molar-refractivity contribution in [3.8, 4) is 0 Å². The molecule has 5 heteroatoms. The highest BCUT2D eigenvalue weighted by molar-refractivity contribution is 6.07. The minimum Gasteiger partial charge on any atom is -0.375 e. The maximum Gasteiger partial charge on any atom is 0.261 e. The van der Waals surface area contributed by atoms with Gasteiger partial charge in [-0.2, -0.15) is 0 Å². The summed E-state index contributed by atoms with van der Waals surface area (Å²) in [5.41, 5.74) is -2.00.